The molecule has 0 bridgehead atoms. The Hall–Kier alpha value is -0.890. The molecule has 0 fully saturated rings. The van der Waals surface area contributed by atoms with Gasteiger partial charge in [-0.2, -0.15) is 0 Å². The third-order valence-electron chi connectivity index (χ3n) is 2.08. The first-order valence-corrected chi connectivity index (χ1v) is 5.29. The first-order chi connectivity index (χ1) is 6.07. The van der Waals surface area contributed by atoms with Crippen LogP contribution in [0, 0.1) is 0 Å². The standard InChI is InChI=1S/C11H13NS/c1-11(2,3)10-6-9-8(7-13-10)4-5-12-9/h4-7H,1-3H3. The van der Waals surface area contributed by atoms with E-state index in [-0.39, 0.29) is 5.41 Å². The second-order valence-corrected chi connectivity index (χ2v) is 5.19. The van der Waals surface area contributed by atoms with E-state index in [4.69, 9.17) is 0 Å². The van der Waals surface area contributed by atoms with Crippen molar-refractivity contribution in [1.82, 2.24) is 4.98 Å². The van der Waals surface area contributed by atoms with Crippen LogP contribution in [0.15, 0.2) is 23.7 Å². The number of nitrogens with zero attached hydrogens (tertiary/aromatic N) is 1. The van der Waals surface area contributed by atoms with E-state index in [0.717, 1.165) is 5.69 Å². The Balaban J connectivity index is 2.56. The van der Waals surface area contributed by atoms with Gasteiger partial charge < -0.3 is 0 Å². The molecule has 0 unspecified atom stereocenters. The third-order valence-corrected chi connectivity index (χ3v) is 3.44. The van der Waals surface area contributed by atoms with Crippen LogP contribution in [0.1, 0.15) is 25.6 Å². The maximum Gasteiger partial charge on any atom is 0.0721 e. The summed E-state index contributed by atoms with van der Waals surface area (Å²) in [6.45, 7) is 6.69. The van der Waals surface area contributed by atoms with Gasteiger partial charge in [0.05, 0.1) is 5.69 Å². The molecule has 0 aromatic carbocycles. The summed E-state index contributed by atoms with van der Waals surface area (Å²) in [5.74, 6) is 0. The number of rotatable bonds is 0. The Kier molecular flexibility index (Phi) is 1.88. The lowest BCUT2D eigenvalue weighted by Crippen LogP contribution is -2.09. The van der Waals surface area contributed by atoms with Gasteiger partial charge in [0.2, 0.25) is 0 Å². The Morgan fingerprint density at radius 1 is 1.31 bits per heavy atom. The van der Waals surface area contributed by atoms with Gasteiger partial charge in [0, 0.05) is 22.0 Å². The van der Waals surface area contributed by atoms with Crippen LogP contribution in [0.2, 0.25) is 0 Å². The van der Waals surface area contributed by atoms with Gasteiger partial charge in [0.25, 0.3) is 0 Å². The molecule has 13 heavy (non-hydrogen) atoms. The second kappa shape index (κ2) is 2.81. The van der Waals surface area contributed by atoms with Crippen molar-refractivity contribution in [1.29, 1.82) is 0 Å². The van der Waals surface area contributed by atoms with Crippen LogP contribution in [-0.2, 0) is 5.41 Å². The summed E-state index contributed by atoms with van der Waals surface area (Å²) in [7, 11) is 0. The van der Waals surface area contributed by atoms with Crippen LogP contribution in [-0.4, -0.2) is 4.98 Å². The van der Waals surface area contributed by atoms with Crippen molar-refractivity contribution in [3.8, 4) is 11.3 Å². The van der Waals surface area contributed by atoms with E-state index in [0.29, 0.717) is 0 Å². The lowest BCUT2D eigenvalue weighted by molar-refractivity contribution is 0.603. The zero-order chi connectivity index (χ0) is 9.47. The molecule has 2 aliphatic heterocycles. The fourth-order valence-electron chi connectivity index (χ4n) is 1.26. The molecule has 2 rings (SSSR count). The van der Waals surface area contributed by atoms with Crippen molar-refractivity contribution >= 4 is 11.3 Å². The van der Waals surface area contributed by atoms with Crippen molar-refractivity contribution in [3.05, 3.63) is 28.6 Å². The minimum atomic E-state index is 0.234. The first-order valence-electron chi connectivity index (χ1n) is 4.41. The third kappa shape index (κ3) is 1.59. The van der Waals surface area contributed by atoms with Crippen LogP contribution in [0.25, 0.3) is 11.3 Å². The highest BCUT2D eigenvalue weighted by Crippen LogP contribution is 2.32. The molecule has 68 valence electrons. The van der Waals surface area contributed by atoms with Crippen molar-refractivity contribution in [2.24, 2.45) is 0 Å². The Morgan fingerprint density at radius 3 is 2.77 bits per heavy atom. The quantitative estimate of drug-likeness (QED) is 0.620. The normalized spacial score (nSPS) is 12.2. The molecule has 0 aliphatic carbocycles. The molecule has 0 saturated carbocycles. The fourth-order valence-corrected chi connectivity index (χ4v) is 2.24. The van der Waals surface area contributed by atoms with Crippen LogP contribution < -0.4 is 0 Å². The van der Waals surface area contributed by atoms with E-state index < -0.39 is 0 Å². The van der Waals surface area contributed by atoms with Gasteiger partial charge in [-0.25, -0.2) is 0 Å². The molecule has 1 nitrogen and oxygen atoms in total. The number of aromatic nitrogens is 1. The van der Waals surface area contributed by atoms with Gasteiger partial charge in [-0.05, 0) is 17.5 Å². The molecule has 0 N–H and O–H groups in total. The van der Waals surface area contributed by atoms with Gasteiger partial charge in [-0.15, -0.1) is 11.3 Å². The molecule has 2 heteroatoms. The predicted molar refractivity (Wildman–Crippen MR) is 57.4 cm³/mol. The first kappa shape index (κ1) is 8.70. The van der Waals surface area contributed by atoms with Crippen LogP contribution in [0.4, 0.5) is 0 Å². The molecule has 0 aromatic rings. The van der Waals surface area contributed by atoms with Crippen LogP contribution >= 0.6 is 11.3 Å². The summed E-state index contributed by atoms with van der Waals surface area (Å²) in [5.41, 5.74) is 2.60. The topological polar surface area (TPSA) is 12.9 Å². The summed E-state index contributed by atoms with van der Waals surface area (Å²) >= 11 is 1.81. The van der Waals surface area contributed by atoms with E-state index in [1.54, 1.807) is 0 Å². The van der Waals surface area contributed by atoms with E-state index in [9.17, 15) is 0 Å². The molecule has 2 heterocycles. The second-order valence-electron chi connectivity index (χ2n) is 4.28. The summed E-state index contributed by atoms with van der Waals surface area (Å²) in [4.78, 5) is 5.69. The minimum absolute atomic E-state index is 0.234. The number of hydrogen-bond donors (Lipinski definition) is 0. The summed E-state index contributed by atoms with van der Waals surface area (Å²) < 4.78 is 0. The van der Waals surface area contributed by atoms with E-state index in [1.807, 2.05) is 17.5 Å². The number of fused-ring (bicyclic) bond motifs is 1. The van der Waals surface area contributed by atoms with Crippen molar-refractivity contribution < 1.29 is 0 Å². The SMILES string of the molecule is CC(C)(C)c1cc2nccc-2cs1. The van der Waals surface area contributed by atoms with Gasteiger partial charge in [0.15, 0.2) is 0 Å². The highest BCUT2D eigenvalue weighted by atomic mass is 32.1. The van der Waals surface area contributed by atoms with E-state index in [2.05, 4.69) is 43.3 Å². The molecule has 0 atom stereocenters. The van der Waals surface area contributed by atoms with Crippen molar-refractivity contribution in [3.63, 3.8) is 0 Å². The van der Waals surface area contributed by atoms with Crippen molar-refractivity contribution in [2.75, 3.05) is 0 Å². The monoisotopic (exact) mass is 191 g/mol. The highest BCUT2D eigenvalue weighted by molar-refractivity contribution is 7.10. The fraction of sp³-hybridized carbons (Fsp3) is 0.364. The molecular weight excluding hydrogens is 178 g/mol. The van der Waals surface area contributed by atoms with Crippen LogP contribution in [0.5, 0.6) is 0 Å². The smallest absolute Gasteiger partial charge is 0.0721 e. The maximum atomic E-state index is 4.30. The van der Waals surface area contributed by atoms with Crippen LogP contribution in [0.3, 0.4) is 0 Å². The average Bonchev–Trinajstić information content (AvgIpc) is 2.47. The van der Waals surface area contributed by atoms with Gasteiger partial charge in [0.1, 0.15) is 0 Å². The maximum absolute atomic E-state index is 4.30. The lowest BCUT2D eigenvalue weighted by Gasteiger charge is -2.18. The molecule has 0 spiro atoms. The molecule has 0 radical (unpaired) electrons. The summed E-state index contributed by atoms with van der Waals surface area (Å²) in [6, 6.07) is 4.25. The zero-order valence-corrected chi connectivity index (χ0v) is 8.98. The molecule has 0 amide bonds. The number of hydrogen-bond acceptors (Lipinski definition) is 2. The molecular formula is C11H13NS. The van der Waals surface area contributed by atoms with Crippen molar-refractivity contribution in [2.45, 2.75) is 26.2 Å². The Labute approximate surface area is 82.8 Å². The Bertz CT molecular complexity index is 384. The van der Waals surface area contributed by atoms with E-state index >= 15 is 0 Å². The molecule has 0 aromatic heterocycles. The minimum Gasteiger partial charge on any atom is -0.256 e. The Morgan fingerprint density at radius 2 is 2.08 bits per heavy atom. The van der Waals surface area contributed by atoms with Gasteiger partial charge in [-0.3, -0.25) is 4.98 Å². The highest BCUT2D eigenvalue weighted by Gasteiger charge is 2.16. The van der Waals surface area contributed by atoms with Gasteiger partial charge >= 0.3 is 0 Å². The summed E-state index contributed by atoms with van der Waals surface area (Å²) in [6.07, 6.45) is 1.86. The summed E-state index contributed by atoms with van der Waals surface area (Å²) in [5, 5.41) is 2.18. The average molecular weight is 191 g/mol. The van der Waals surface area contributed by atoms with Gasteiger partial charge in [-0.1, -0.05) is 20.8 Å². The zero-order valence-electron chi connectivity index (χ0n) is 8.16. The largest absolute Gasteiger partial charge is 0.256 e. The van der Waals surface area contributed by atoms with E-state index in [1.165, 1.54) is 10.4 Å². The molecule has 0 saturated heterocycles. The predicted octanol–water partition coefficient (Wildman–Crippen LogP) is 3.55. The molecule has 2 aliphatic rings. The lowest BCUT2D eigenvalue weighted by atomic mass is 9.94.